The normalized spacial score (nSPS) is 11.3. The molecule has 3 nitrogen and oxygen atoms in total. The van der Waals surface area contributed by atoms with Gasteiger partial charge in [0.2, 0.25) is 0 Å². The highest BCUT2D eigenvalue weighted by Gasteiger charge is 2.34. The molecular weight excluding hydrogens is 233 g/mol. The van der Waals surface area contributed by atoms with Gasteiger partial charge in [-0.1, -0.05) is 12.1 Å². The third-order valence-electron chi connectivity index (χ3n) is 2.14. The Kier molecular flexibility index (Phi) is 4.51. The first-order chi connectivity index (χ1) is 7.96. The van der Waals surface area contributed by atoms with Crippen LogP contribution in [0.4, 0.5) is 13.2 Å². The minimum absolute atomic E-state index is 0.265. The molecule has 0 fully saturated rings. The summed E-state index contributed by atoms with van der Waals surface area (Å²) < 4.78 is 37.8. The molecule has 1 aromatic rings. The smallest absolute Gasteiger partial charge is 0.352 e. The average Bonchev–Trinajstić information content (AvgIpc) is 2.28. The van der Waals surface area contributed by atoms with E-state index in [1.165, 1.54) is 12.1 Å². The number of hydrogen-bond donors (Lipinski definition) is 2. The number of carbonyl (C=O) groups excluding carboxylic acids is 1. The van der Waals surface area contributed by atoms with E-state index in [9.17, 15) is 18.0 Å². The lowest BCUT2D eigenvalue weighted by Gasteiger charge is -2.12. The van der Waals surface area contributed by atoms with Gasteiger partial charge in [-0.2, -0.15) is 13.2 Å². The van der Waals surface area contributed by atoms with Gasteiger partial charge in [0.1, 0.15) is 0 Å². The van der Waals surface area contributed by atoms with Crippen LogP contribution in [0.5, 0.6) is 0 Å². The zero-order valence-electron chi connectivity index (χ0n) is 9.05. The van der Waals surface area contributed by atoms with Crippen LogP contribution >= 0.6 is 0 Å². The topological polar surface area (TPSA) is 55.1 Å². The molecule has 0 atom stereocenters. The second kappa shape index (κ2) is 5.67. The Morgan fingerprint density at radius 1 is 1.29 bits per heavy atom. The summed E-state index contributed by atoms with van der Waals surface area (Å²) in [5.74, 6) is -0.730. The van der Waals surface area contributed by atoms with Crippen LogP contribution in [0.25, 0.3) is 0 Å². The third-order valence-corrected chi connectivity index (χ3v) is 2.14. The summed E-state index contributed by atoms with van der Waals surface area (Å²) in [5, 5.41) is 2.39. The van der Waals surface area contributed by atoms with E-state index in [2.05, 4.69) is 5.32 Å². The maximum absolute atomic E-state index is 12.6. The van der Waals surface area contributed by atoms with Gasteiger partial charge >= 0.3 is 6.18 Å². The summed E-state index contributed by atoms with van der Waals surface area (Å²) >= 11 is 0. The van der Waals surface area contributed by atoms with E-state index in [-0.39, 0.29) is 12.1 Å². The summed E-state index contributed by atoms with van der Waals surface area (Å²) in [6.07, 6.45) is -4.00. The lowest BCUT2D eigenvalue weighted by Crippen LogP contribution is -2.28. The Hall–Kier alpha value is -1.56. The molecule has 3 N–H and O–H groups in total. The van der Waals surface area contributed by atoms with Gasteiger partial charge in [0.05, 0.1) is 11.1 Å². The molecule has 0 aliphatic carbocycles. The summed E-state index contributed by atoms with van der Waals surface area (Å²) in [6, 6.07) is 4.69. The van der Waals surface area contributed by atoms with E-state index in [1.54, 1.807) is 0 Å². The predicted molar refractivity (Wildman–Crippen MR) is 57.4 cm³/mol. The van der Waals surface area contributed by atoms with E-state index in [0.29, 0.717) is 13.0 Å². The quantitative estimate of drug-likeness (QED) is 0.796. The van der Waals surface area contributed by atoms with Crippen molar-refractivity contribution in [3.63, 3.8) is 0 Å². The number of rotatable bonds is 4. The van der Waals surface area contributed by atoms with Crippen LogP contribution in [-0.2, 0) is 6.18 Å². The summed E-state index contributed by atoms with van der Waals surface area (Å²) in [4.78, 5) is 11.5. The highest BCUT2D eigenvalue weighted by molar-refractivity contribution is 5.95. The summed E-state index contributed by atoms with van der Waals surface area (Å²) in [6.45, 7) is 0.642. The molecule has 6 heteroatoms. The molecule has 0 saturated carbocycles. The SMILES string of the molecule is NCCCNC(=O)c1ccccc1C(F)(F)F. The number of amides is 1. The van der Waals surface area contributed by atoms with Gasteiger partial charge in [0.25, 0.3) is 5.91 Å². The van der Waals surface area contributed by atoms with Gasteiger partial charge in [0.15, 0.2) is 0 Å². The minimum Gasteiger partial charge on any atom is -0.352 e. The minimum atomic E-state index is -4.53. The number of halogens is 3. The number of benzene rings is 1. The van der Waals surface area contributed by atoms with Crippen LogP contribution in [0.1, 0.15) is 22.3 Å². The van der Waals surface area contributed by atoms with Crippen molar-refractivity contribution in [2.45, 2.75) is 12.6 Å². The fourth-order valence-corrected chi connectivity index (χ4v) is 1.33. The predicted octanol–water partition coefficient (Wildman–Crippen LogP) is 1.78. The van der Waals surface area contributed by atoms with Crippen LogP contribution in [0, 0.1) is 0 Å². The molecule has 94 valence electrons. The van der Waals surface area contributed by atoms with E-state index in [0.717, 1.165) is 12.1 Å². The van der Waals surface area contributed by atoms with E-state index >= 15 is 0 Å². The Morgan fingerprint density at radius 3 is 2.53 bits per heavy atom. The van der Waals surface area contributed by atoms with E-state index in [4.69, 9.17) is 5.73 Å². The van der Waals surface area contributed by atoms with Gasteiger partial charge in [-0.05, 0) is 25.1 Å². The monoisotopic (exact) mass is 246 g/mol. The molecular formula is C11H13F3N2O. The second-order valence-corrected chi connectivity index (χ2v) is 3.44. The van der Waals surface area contributed by atoms with Crippen molar-refractivity contribution in [1.29, 1.82) is 0 Å². The van der Waals surface area contributed by atoms with Crippen molar-refractivity contribution >= 4 is 5.91 Å². The summed E-state index contributed by atoms with van der Waals surface area (Å²) in [5.41, 5.74) is 3.93. The first-order valence-corrected chi connectivity index (χ1v) is 5.11. The molecule has 0 aromatic heterocycles. The third kappa shape index (κ3) is 3.74. The highest BCUT2D eigenvalue weighted by Crippen LogP contribution is 2.31. The molecule has 0 saturated heterocycles. The van der Waals surface area contributed by atoms with Crippen LogP contribution < -0.4 is 11.1 Å². The molecule has 17 heavy (non-hydrogen) atoms. The Balaban J connectivity index is 2.86. The first kappa shape index (κ1) is 13.5. The fraction of sp³-hybridized carbons (Fsp3) is 0.364. The lowest BCUT2D eigenvalue weighted by atomic mass is 10.1. The van der Waals surface area contributed by atoms with Gasteiger partial charge in [-0.15, -0.1) is 0 Å². The Labute approximate surface area is 96.8 Å². The molecule has 0 aliphatic rings. The Bertz CT molecular complexity index is 391. The second-order valence-electron chi connectivity index (χ2n) is 3.44. The standard InChI is InChI=1S/C11H13F3N2O/c12-11(13,14)9-5-2-1-4-8(9)10(17)16-7-3-6-15/h1-2,4-5H,3,6-7,15H2,(H,16,17). The largest absolute Gasteiger partial charge is 0.417 e. The van der Waals surface area contributed by atoms with Crippen molar-refractivity contribution in [3.05, 3.63) is 35.4 Å². The molecule has 0 spiro atoms. The van der Waals surface area contributed by atoms with E-state index < -0.39 is 17.6 Å². The number of alkyl halides is 3. The zero-order chi connectivity index (χ0) is 12.9. The van der Waals surface area contributed by atoms with Gasteiger partial charge < -0.3 is 11.1 Å². The van der Waals surface area contributed by atoms with Crippen molar-refractivity contribution in [1.82, 2.24) is 5.32 Å². The van der Waals surface area contributed by atoms with Crippen molar-refractivity contribution in [3.8, 4) is 0 Å². The molecule has 0 unspecified atom stereocenters. The number of nitrogens with one attached hydrogen (secondary N) is 1. The van der Waals surface area contributed by atoms with Gasteiger partial charge in [-0.3, -0.25) is 4.79 Å². The molecule has 1 amide bonds. The lowest BCUT2D eigenvalue weighted by molar-refractivity contribution is -0.137. The van der Waals surface area contributed by atoms with Crippen LogP contribution in [0.3, 0.4) is 0 Å². The number of hydrogen-bond acceptors (Lipinski definition) is 2. The maximum Gasteiger partial charge on any atom is 0.417 e. The van der Waals surface area contributed by atoms with Crippen LogP contribution in [-0.4, -0.2) is 19.0 Å². The fourth-order valence-electron chi connectivity index (χ4n) is 1.33. The number of carbonyl (C=O) groups is 1. The zero-order valence-corrected chi connectivity index (χ0v) is 9.05. The molecule has 0 bridgehead atoms. The van der Waals surface area contributed by atoms with Gasteiger partial charge in [-0.25, -0.2) is 0 Å². The average molecular weight is 246 g/mol. The first-order valence-electron chi connectivity index (χ1n) is 5.11. The van der Waals surface area contributed by atoms with Crippen molar-refractivity contribution in [2.75, 3.05) is 13.1 Å². The molecule has 1 aromatic carbocycles. The molecule has 0 aliphatic heterocycles. The molecule has 0 radical (unpaired) electrons. The highest BCUT2D eigenvalue weighted by atomic mass is 19.4. The molecule has 0 heterocycles. The van der Waals surface area contributed by atoms with Crippen LogP contribution in [0.2, 0.25) is 0 Å². The molecule has 1 rings (SSSR count). The maximum atomic E-state index is 12.6. The van der Waals surface area contributed by atoms with Crippen LogP contribution in [0.15, 0.2) is 24.3 Å². The Morgan fingerprint density at radius 2 is 1.94 bits per heavy atom. The van der Waals surface area contributed by atoms with Gasteiger partial charge in [0, 0.05) is 6.54 Å². The van der Waals surface area contributed by atoms with Crippen molar-refractivity contribution in [2.24, 2.45) is 5.73 Å². The van der Waals surface area contributed by atoms with Crippen molar-refractivity contribution < 1.29 is 18.0 Å². The summed E-state index contributed by atoms with van der Waals surface area (Å²) in [7, 11) is 0. The van der Waals surface area contributed by atoms with E-state index in [1.807, 2.05) is 0 Å². The number of nitrogens with two attached hydrogens (primary N) is 1.